The normalized spacial score (nSPS) is 28.9. The summed E-state index contributed by atoms with van der Waals surface area (Å²) in [7, 11) is 2.01. The maximum Gasteiger partial charge on any atom is 0.0631 e. The van der Waals surface area contributed by atoms with Gasteiger partial charge in [0.1, 0.15) is 0 Å². The van der Waals surface area contributed by atoms with Crippen LogP contribution in [0.4, 0.5) is 0 Å². The standard InChI is InChI=1S/C12H21N3/c1-7-11(8(2)15(5)14-7)9-6-10(13)12(9,3)4/h9-10H,6,13H2,1-5H3. The molecule has 1 aromatic heterocycles. The molecule has 0 saturated heterocycles. The van der Waals surface area contributed by atoms with Gasteiger partial charge in [0, 0.05) is 18.8 Å². The van der Waals surface area contributed by atoms with Crippen molar-refractivity contribution in [2.24, 2.45) is 18.2 Å². The van der Waals surface area contributed by atoms with Gasteiger partial charge in [-0.1, -0.05) is 13.8 Å². The molecule has 1 aliphatic rings. The van der Waals surface area contributed by atoms with Crippen molar-refractivity contribution in [2.45, 2.75) is 46.1 Å². The van der Waals surface area contributed by atoms with E-state index in [0.29, 0.717) is 12.0 Å². The van der Waals surface area contributed by atoms with E-state index in [4.69, 9.17) is 5.73 Å². The van der Waals surface area contributed by atoms with E-state index in [9.17, 15) is 0 Å². The van der Waals surface area contributed by atoms with Crippen molar-refractivity contribution in [3.8, 4) is 0 Å². The van der Waals surface area contributed by atoms with Crippen LogP contribution in [-0.4, -0.2) is 15.8 Å². The minimum atomic E-state index is 0.221. The van der Waals surface area contributed by atoms with Gasteiger partial charge in [-0.05, 0) is 37.2 Å². The lowest BCUT2D eigenvalue weighted by Gasteiger charge is -2.50. The van der Waals surface area contributed by atoms with Crippen molar-refractivity contribution in [1.29, 1.82) is 0 Å². The monoisotopic (exact) mass is 207 g/mol. The fourth-order valence-corrected chi connectivity index (χ4v) is 2.74. The van der Waals surface area contributed by atoms with Crippen LogP contribution in [0.5, 0.6) is 0 Å². The van der Waals surface area contributed by atoms with Crippen LogP contribution in [0.15, 0.2) is 0 Å². The molecule has 0 aromatic carbocycles. The Balaban J connectivity index is 2.40. The van der Waals surface area contributed by atoms with E-state index in [-0.39, 0.29) is 5.41 Å². The van der Waals surface area contributed by atoms with Gasteiger partial charge in [0.15, 0.2) is 0 Å². The molecule has 1 aliphatic carbocycles. The van der Waals surface area contributed by atoms with Crippen LogP contribution < -0.4 is 5.73 Å². The molecule has 2 N–H and O–H groups in total. The molecule has 0 amide bonds. The minimum Gasteiger partial charge on any atom is -0.327 e. The van der Waals surface area contributed by atoms with Crippen LogP contribution in [0.25, 0.3) is 0 Å². The zero-order chi connectivity index (χ0) is 11.4. The first-order chi connectivity index (χ1) is 6.85. The summed E-state index contributed by atoms with van der Waals surface area (Å²) >= 11 is 0. The number of nitrogens with two attached hydrogens (primary N) is 1. The lowest BCUT2D eigenvalue weighted by Crippen LogP contribution is -2.53. The third-order valence-corrected chi connectivity index (χ3v) is 4.26. The summed E-state index contributed by atoms with van der Waals surface area (Å²) in [6.07, 6.45) is 1.10. The van der Waals surface area contributed by atoms with Crippen LogP contribution in [0, 0.1) is 19.3 Å². The number of aromatic nitrogens is 2. The molecule has 1 fully saturated rings. The second-order valence-electron chi connectivity index (χ2n) is 5.42. The fraction of sp³-hybridized carbons (Fsp3) is 0.750. The second-order valence-corrected chi connectivity index (χ2v) is 5.42. The summed E-state index contributed by atoms with van der Waals surface area (Å²) in [5, 5.41) is 4.48. The second kappa shape index (κ2) is 3.08. The summed E-state index contributed by atoms with van der Waals surface area (Å²) in [6.45, 7) is 8.77. The van der Waals surface area contributed by atoms with Crippen molar-refractivity contribution in [2.75, 3.05) is 0 Å². The van der Waals surface area contributed by atoms with E-state index in [1.165, 1.54) is 17.0 Å². The Kier molecular flexibility index (Phi) is 2.19. The molecule has 0 aliphatic heterocycles. The summed E-state index contributed by atoms with van der Waals surface area (Å²) in [5.41, 5.74) is 10.2. The zero-order valence-electron chi connectivity index (χ0n) is 10.3. The maximum absolute atomic E-state index is 6.06. The zero-order valence-corrected chi connectivity index (χ0v) is 10.3. The summed E-state index contributed by atoms with van der Waals surface area (Å²) < 4.78 is 1.98. The molecule has 3 nitrogen and oxygen atoms in total. The molecule has 3 heteroatoms. The molecule has 0 spiro atoms. The number of rotatable bonds is 1. The van der Waals surface area contributed by atoms with Crippen molar-refractivity contribution in [3.05, 3.63) is 17.0 Å². The van der Waals surface area contributed by atoms with Crippen LogP contribution >= 0.6 is 0 Å². The van der Waals surface area contributed by atoms with Gasteiger partial charge in [0.2, 0.25) is 0 Å². The smallest absolute Gasteiger partial charge is 0.0631 e. The predicted molar refractivity (Wildman–Crippen MR) is 61.8 cm³/mol. The highest BCUT2D eigenvalue weighted by atomic mass is 15.3. The number of hydrogen-bond acceptors (Lipinski definition) is 2. The van der Waals surface area contributed by atoms with Gasteiger partial charge in [-0.2, -0.15) is 5.10 Å². The Morgan fingerprint density at radius 3 is 2.33 bits per heavy atom. The number of aryl methyl sites for hydroxylation is 2. The Morgan fingerprint density at radius 1 is 1.40 bits per heavy atom. The van der Waals surface area contributed by atoms with Gasteiger partial charge < -0.3 is 5.73 Å². The Labute approximate surface area is 91.7 Å². The summed E-state index contributed by atoms with van der Waals surface area (Å²) in [4.78, 5) is 0. The fourth-order valence-electron chi connectivity index (χ4n) is 2.74. The molecule has 2 unspecified atom stereocenters. The maximum atomic E-state index is 6.06. The SMILES string of the molecule is Cc1nn(C)c(C)c1C1CC(N)C1(C)C. The quantitative estimate of drug-likeness (QED) is 0.764. The van der Waals surface area contributed by atoms with Crippen molar-refractivity contribution in [1.82, 2.24) is 9.78 Å². The molecule has 0 radical (unpaired) electrons. The first kappa shape index (κ1) is 10.7. The van der Waals surface area contributed by atoms with E-state index in [1.54, 1.807) is 0 Å². The third kappa shape index (κ3) is 1.33. The highest BCUT2D eigenvalue weighted by molar-refractivity contribution is 5.34. The van der Waals surface area contributed by atoms with E-state index in [0.717, 1.165) is 6.42 Å². The summed E-state index contributed by atoms with van der Waals surface area (Å²) in [6, 6.07) is 0.335. The molecule has 2 rings (SSSR count). The van der Waals surface area contributed by atoms with E-state index < -0.39 is 0 Å². The highest BCUT2D eigenvalue weighted by Crippen LogP contribution is 2.52. The van der Waals surface area contributed by atoms with Crippen molar-refractivity contribution < 1.29 is 0 Å². The lowest BCUT2D eigenvalue weighted by atomic mass is 9.56. The van der Waals surface area contributed by atoms with Crippen molar-refractivity contribution >= 4 is 0 Å². The molecule has 1 heterocycles. The number of hydrogen-bond donors (Lipinski definition) is 1. The van der Waals surface area contributed by atoms with Gasteiger partial charge >= 0.3 is 0 Å². The Bertz CT molecular complexity index is 390. The first-order valence-corrected chi connectivity index (χ1v) is 5.61. The van der Waals surface area contributed by atoms with E-state index in [1.807, 2.05) is 11.7 Å². The Morgan fingerprint density at radius 2 is 2.00 bits per heavy atom. The molecule has 0 bridgehead atoms. The molecule has 2 atom stereocenters. The molecule has 1 aromatic rings. The van der Waals surface area contributed by atoms with Gasteiger partial charge in [-0.15, -0.1) is 0 Å². The Hall–Kier alpha value is -0.830. The molecule has 15 heavy (non-hydrogen) atoms. The van der Waals surface area contributed by atoms with E-state index in [2.05, 4.69) is 32.8 Å². The third-order valence-electron chi connectivity index (χ3n) is 4.26. The molecule has 84 valence electrons. The first-order valence-electron chi connectivity index (χ1n) is 5.61. The van der Waals surface area contributed by atoms with Gasteiger partial charge in [0.25, 0.3) is 0 Å². The predicted octanol–water partition coefficient (Wildman–Crippen LogP) is 1.88. The number of nitrogens with zero attached hydrogens (tertiary/aromatic N) is 2. The molecular formula is C12H21N3. The van der Waals surface area contributed by atoms with Gasteiger partial charge in [-0.25, -0.2) is 0 Å². The van der Waals surface area contributed by atoms with Crippen molar-refractivity contribution in [3.63, 3.8) is 0 Å². The van der Waals surface area contributed by atoms with Crippen LogP contribution in [0.2, 0.25) is 0 Å². The van der Waals surface area contributed by atoms with Crippen LogP contribution in [0.1, 0.15) is 43.1 Å². The van der Waals surface area contributed by atoms with E-state index >= 15 is 0 Å². The van der Waals surface area contributed by atoms with Gasteiger partial charge in [-0.3, -0.25) is 4.68 Å². The largest absolute Gasteiger partial charge is 0.327 e. The lowest BCUT2D eigenvalue weighted by molar-refractivity contribution is 0.0974. The van der Waals surface area contributed by atoms with Crippen LogP contribution in [0.3, 0.4) is 0 Å². The molecule has 1 saturated carbocycles. The average molecular weight is 207 g/mol. The van der Waals surface area contributed by atoms with Crippen LogP contribution in [-0.2, 0) is 7.05 Å². The highest BCUT2D eigenvalue weighted by Gasteiger charge is 2.48. The average Bonchev–Trinajstić information content (AvgIpc) is 2.39. The minimum absolute atomic E-state index is 0.221. The summed E-state index contributed by atoms with van der Waals surface area (Å²) in [5.74, 6) is 0.584. The van der Waals surface area contributed by atoms with Gasteiger partial charge in [0.05, 0.1) is 5.69 Å². The topological polar surface area (TPSA) is 43.8 Å². The molecular weight excluding hydrogens is 186 g/mol.